The lowest BCUT2D eigenvalue weighted by molar-refractivity contribution is -0.115. The number of nitrogens with two attached hydrogens (primary N) is 1. The average Bonchev–Trinajstić information content (AvgIpc) is 2.71. The van der Waals surface area contributed by atoms with Crippen LogP contribution in [0.5, 0.6) is 11.5 Å². The van der Waals surface area contributed by atoms with E-state index in [2.05, 4.69) is 4.98 Å². The van der Waals surface area contributed by atoms with Crippen molar-refractivity contribution in [2.45, 2.75) is 18.1 Å². The maximum atomic E-state index is 11.3. The van der Waals surface area contributed by atoms with Gasteiger partial charge in [-0.3, -0.25) is 10.2 Å². The molecule has 2 aromatic carbocycles. The van der Waals surface area contributed by atoms with Gasteiger partial charge in [-0.15, -0.1) is 0 Å². The first-order valence-corrected chi connectivity index (χ1v) is 9.68. The van der Waals surface area contributed by atoms with Gasteiger partial charge in [0, 0.05) is 18.0 Å². The molecule has 7 nitrogen and oxygen atoms in total. The number of carbonyl (C=O) groups is 1. The van der Waals surface area contributed by atoms with E-state index in [1.165, 1.54) is 11.8 Å². The van der Waals surface area contributed by atoms with Crippen molar-refractivity contribution < 1.29 is 14.3 Å². The number of primary amides is 1. The lowest BCUT2D eigenvalue weighted by Crippen LogP contribution is -2.25. The van der Waals surface area contributed by atoms with Gasteiger partial charge in [-0.05, 0) is 18.1 Å². The van der Waals surface area contributed by atoms with Gasteiger partial charge in [-0.1, -0.05) is 42.1 Å². The van der Waals surface area contributed by atoms with Crippen molar-refractivity contribution in [2.75, 3.05) is 20.0 Å². The highest BCUT2D eigenvalue weighted by Crippen LogP contribution is 2.31. The normalized spacial score (nSPS) is 10.8. The third kappa shape index (κ3) is 4.28. The molecule has 0 saturated heterocycles. The molecule has 0 aliphatic rings. The summed E-state index contributed by atoms with van der Waals surface area (Å²) >= 11 is 1.23. The number of nitrogens with zero attached hydrogens (tertiary/aromatic N) is 2. The molecule has 8 heteroatoms. The average molecular weight is 398 g/mol. The summed E-state index contributed by atoms with van der Waals surface area (Å²) < 4.78 is 12.5. The van der Waals surface area contributed by atoms with Crippen LogP contribution in [0.4, 0.5) is 0 Å². The Morgan fingerprint density at radius 1 is 1.18 bits per heavy atom. The number of methoxy groups -OCH3 is 2. The zero-order valence-electron chi connectivity index (χ0n) is 15.8. The Balaban J connectivity index is 2.09. The minimum absolute atomic E-state index is 0.0938. The monoisotopic (exact) mass is 398 g/mol. The molecule has 0 atom stereocenters. The first-order valence-electron chi connectivity index (χ1n) is 8.69. The summed E-state index contributed by atoms with van der Waals surface area (Å²) in [6.07, 6.45) is 0.738. The molecule has 3 rings (SSSR count). The number of amides is 1. The van der Waals surface area contributed by atoms with Crippen LogP contribution in [-0.4, -0.2) is 35.4 Å². The Morgan fingerprint density at radius 3 is 2.50 bits per heavy atom. The predicted octanol–water partition coefficient (Wildman–Crippen LogP) is 2.35. The van der Waals surface area contributed by atoms with Gasteiger partial charge in [-0.2, -0.15) is 0 Å². The minimum atomic E-state index is -0.430. The highest BCUT2D eigenvalue weighted by atomic mass is 32.2. The van der Waals surface area contributed by atoms with Crippen molar-refractivity contribution in [3.8, 4) is 11.5 Å². The van der Waals surface area contributed by atoms with Gasteiger partial charge in [0.15, 0.2) is 16.7 Å². The van der Waals surface area contributed by atoms with Gasteiger partial charge >= 0.3 is 0 Å². The smallest absolute Gasteiger partial charge is 0.227 e. The Kier molecular flexibility index (Phi) is 6.20. The largest absolute Gasteiger partial charge is 0.493 e. The van der Waals surface area contributed by atoms with E-state index >= 15 is 0 Å². The summed E-state index contributed by atoms with van der Waals surface area (Å²) in [6.45, 7) is 0.557. The summed E-state index contributed by atoms with van der Waals surface area (Å²) in [5.74, 6) is 0.740. The van der Waals surface area contributed by atoms with Crippen LogP contribution in [0.3, 0.4) is 0 Å². The van der Waals surface area contributed by atoms with Crippen molar-refractivity contribution >= 4 is 28.6 Å². The summed E-state index contributed by atoms with van der Waals surface area (Å²) in [5, 5.41) is 9.94. The molecule has 0 bridgehead atoms. The lowest BCUT2D eigenvalue weighted by atomic mass is 10.1. The maximum absolute atomic E-state index is 11.3. The molecule has 1 heterocycles. The van der Waals surface area contributed by atoms with Gasteiger partial charge in [0.05, 0.1) is 25.5 Å². The molecule has 0 fully saturated rings. The van der Waals surface area contributed by atoms with Crippen molar-refractivity contribution in [2.24, 2.45) is 5.73 Å². The van der Waals surface area contributed by atoms with Gasteiger partial charge in [0.25, 0.3) is 0 Å². The van der Waals surface area contributed by atoms with Gasteiger partial charge in [0.2, 0.25) is 5.91 Å². The number of hydrogen-bond acceptors (Lipinski definition) is 6. The SMILES string of the molecule is COc1cc2nc(SCC(N)=O)n(CCc3ccccc3)c(=N)c2cc1OC. The molecular weight excluding hydrogens is 376 g/mol. The van der Waals surface area contributed by atoms with E-state index in [1.807, 2.05) is 30.3 Å². The zero-order chi connectivity index (χ0) is 20.1. The number of thioether (sulfide) groups is 1. The molecule has 1 aromatic heterocycles. The molecule has 0 unspecified atom stereocenters. The molecule has 28 heavy (non-hydrogen) atoms. The molecule has 0 spiro atoms. The van der Waals surface area contributed by atoms with Gasteiger partial charge in [-0.25, -0.2) is 4.98 Å². The molecular formula is C20H22N4O3S. The summed E-state index contributed by atoms with van der Waals surface area (Å²) in [6, 6.07) is 13.5. The van der Waals surface area contributed by atoms with Crippen molar-refractivity contribution in [3.63, 3.8) is 0 Å². The zero-order valence-corrected chi connectivity index (χ0v) is 16.6. The summed E-state index contributed by atoms with van der Waals surface area (Å²) in [7, 11) is 3.11. The first kappa shape index (κ1) is 19.8. The standard InChI is InChI=1S/C20H22N4O3S/c1-26-16-10-14-15(11-17(16)27-2)23-20(28-12-18(21)25)24(19(14)22)9-8-13-6-4-3-5-7-13/h3-7,10-11,22H,8-9,12H2,1-2H3,(H2,21,25). The van der Waals surface area contributed by atoms with E-state index in [0.29, 0.717) is 39.6 Å². The van der Waals surface area contributed by atoms with Crippen molar-refractivity contribution in [1.82, 2.24) is 9.55 Å². The van der Waals surface area contributed by atoms with Crippen molar-refractivity contribution in [1.29, 1.82) is 5.41 Å². The number of nitrogens with one attached hydrogen (secondary N) is 1. The quantitative estimate of drug-likeness (QED) is 0.448. The number of rotatable bonds is 8. The van der Waals surface area contributed by atoms with E-state index in [4.69, 9.17) is 20.6 Å². The fourth-order valence-electron chi connectivity index (χ4n) is 2.89. The summed E-state index contributed by atoms with van der Waals surface area (Å²) in [5.41, 5.74) is 7.37. The fourth-order valence-corrected chi connectivity index (χ4v) is 3.67. The van der Waals surface area contributed by atoms with Crippen LogP contribution in [0.15, 0.2) is 47.6 Å². The van der Waals surface area contributed by atoms with Crippen LogP contribution in [-0.2, 0) is 17.8 Å². The lowest BCUT2D eigenvalue weighted by Gasteiger charge is -2.16. The second kappa shape index (κ2) is 8.79. The summed E-state index contributed by atoms with van der Waals surface area (Å²) in [4.78, 5) is 15.9. The van der Waals surface area contributed by atoms with Crippen molar-refractivity contribution in [3.05, 3.63) is 53.5 Å². The molecule has 1 amide bonds. The highest BCUT2D eigenvalue weighted by molar-refractivity contribution is 7.99. The third-order valence-corrected chi connectivity index (χ3v) is 5.28. The molecule has 3 aromatic rings. The van der Waals surface area contributed by atoms with Crippen LogP contribution in [0.25, 0.3) is 10.9 Å². The molecule has 0 aliphatic heterocycles. The Labute approximate surface area is 167 Å². The molecule has 0 aliphatic carbocycles. The van der Waals surface area contributed by atoms with E-state index in [-0.39, 0.29) is 5.75 Å². The number of benzene rings is 2. The van der Waals surface area contributed by atoms with E-state index in [9.17, 15) is 4.79 Å². The third-order valence-electron chi connectivity index (χ3n) is 4.28. The van der Waals surface area contributed by atoms with Crippen LogP contribution < -0.4 is 20.7 Å². The number of ether oxygens (including phenoxy) is 2. The number of carbonyl (C=O) groups excluding carboxylic acids is 1. The Hall–Kier alpha value is -3.00. The maximum Gasteiger partial charge on any atom is 0.227 e. The predicted molar refractivity (Wildman–Crippen MR) is 109 cm³/mol. The number of fused-ring (bicyclic) bond motifs is 1. The molecule has 146 valence electrons. The van der Waals surface area contributed by atoms with Crippen LogP contribution in [0.1, 0.15) is 5.56 Å². The number of aryl methyl sites for hydroxylation is 1. The Morgan fingerprint density at radius 2 is 1.86 bits per heavy atom. The molecule has 0 saturated carbocycles. The topological polar surface area (TPSA) is 103 Å². The fraction of sp³-hybridized carbons (Fsp3) is 0.250. The van der Waals surface area contributed by atoms with Crippen LogP contribution in [0, 0.1) is 5.41 Å². The second-order valence-electron chi connectivity index (χ2n) is 6.11. The number of aromatic nitrogens is 2. The highest BCUT2D eigenvalue weighted by Gasteiger charge is 2.14. The second-order valence-corrected chi connectivity index (χ2v) is 7.05. The number of hydrogen-bond donors (Lipinski definition) is 2. The first-order chi connectivity index (χ1) is 13.5. The van der Waals surface area contributed by atoms with Crippen LogP contribution in [0.2, 0.25) is 0 Å². The molecule has 3 N–H and O–H groups in total. The van der Waals surface area contributed by atoms with E-state index < -0.39 is 5.91 Å². The van der Waals surface area contributed by atoms with Crippen LogP contribution >= 0.6 is 11.8 Å². The van der Waals surface area contributed by atoms with E-state index in [0.717, 1.165) is 12.0 Å². The van der Waals surface area contributed by atoms with Gasteiger partial charge in [0.1, 0.15) is 5.49 Å². The minimum Gasteiger partial charge on any atom is -0.493 e. The van der Waals surface area contributed by atoms with Gasteiger partial charge < -0.3 is 19.8 Å². The van der Waals surface area contributed by atoms with E-state index in [1.54, 1.807) is 30.9 Å². The Bertz CT molecular complexity index is 1050. The molecule has 0 radical (unpaired) electrons.